The van der Waals surface area contributed by atoms with Gasteiger partial charge in [-0.3, -0.25) is 9.78 Å². The molecule has 0 bridgehead atoms. The summed E-state index contributed by atoms with van der Waals surface area (Å²) in [4.78, 5) is 14.2. The van der Waals surface area contributed by atoms with Crippen molar-refractivity contribution in [2.75, 3.05) is 0 Å². The van der Waals surface area contributed by atoms with Crippen LogP contribution in [0.4, 0.5) is 8.78 Å². The molecule has 1 heterocycles. The van der Waals surface area contributed by atoms with Gasteiger partial charge in [0.05, 0.1) is 11.3 Å². The number of rotatable bonds is 3. The highest BCUT2D eigenvalue weighted by molar-refractivity contribution is 5.78. The zero-order valence-corrected chi connectivity index (χ0v) is 7.58. The summed E-state index contributed by atoms with van der Waals surface area (Å²) in [6.07, 6.45) is -1.65. The van der Waals surface area contributed by atoms with Crippen molar-refractivity contribution in [2.45, 2.75) is 13.0 Å². The van der Waals surface area contributed by atoms with E-state index in [1.165, 1.54) is 0 Å². The third-order valence-electron chi connectivity index (χ3n) is 1.88. The minimum absolute atomic E-state index is 0.0680. The van der Waals surface area contributed by atoms with Crippen molar-refractivity contribution in [2.24, 2.45) is 5.73 Å². The topological polar surface area (TPSA) is 79.8 Å². The number of nitrogens with zero attached hydrogens (tertiary/aromatic N) is 2. The number of halogens is 2. The number of hydrogen-bond donors (Lipinski definition) is 1. The lowest BCUT2D eigenvalue weighted by Crippen LogP contribution is -2.08. The minimum atomic E-state index is -2.90. The Bertz CT molecular complexity index is 426. The van der Waals surface area contributed by atoms with Crippen LogP contribution in [0.3, 0.4) is 0 Å². The van der Waals surface area contributed by atoms with Crippen LogP contribution in [0.25, 0.3) is 0 Å². The first-order valence-corrected chi connectivity index (χ1v) is 4.01. The summed E-state index contributed by atoms with van der Waals surface area (Å²) in [7, 11) is 0. The van der Waals surface area contributed by atoms with Crippen LogP contribution in [-0.2, 0) is 6.54 Å². The highest BCUT2D eigenvalue weighted by Crippen LogP contribution is 2.26. The summed E-state index contributed by atoms with van der Waals surface area (Å²) >= 11 is 0. The summed E-state index contributed by atoms with van der Waals surface area (Å²) in [5.74, 6) is 0. The van der Waals surface area contributed by atoms with E-state index >= 15 is 0 Å². The molecule has 78 valence electrons. The molecule has 0 unspecified atom stereocenters. The molecule has 0 fully saturated rings. The van der Waals surface area contributed by atoms with Crippen LogP contribution in [0.5, 0.6) is 0 Å². The molecule has 4 nitrogen and oxygen atoms in total. The summed E-state index contributed by atoms with van der Waals surface area (Å²) < 4.78 is 25.2. The lowest BCUT2D eigenvalue weighted by molar-refractivity contribution is 0.110. The standard InChI is InChI=1S/C9H7F2N3O/c10-9(11)8-5(4-15)3-14-7(2-13)6(8)1-12/h3-4,9H,2,13H2. The molecule has 6 heteroatoms. The minimum Gasteiger partial charge on any atom is -0.325 e. The van der Waals surface area contributed by atoms with E-state index in [2.05, 4.69) is 4.98 Å². The van der Waals surface area contributed by atoms with E-state index in [-0.39, 0.29) is 29.7 Å². The number of nitrogens with two attached hydrogens (primary N) is 1. The summed E-state index contributed by atoms with van der Waals surface area (Å²) in [5.41, 5.74) is 4.13. The Hall–Kier alpha value is -1.87. The maximum atomic E-state index is 12.6. The van der Waals surface area contributed by atoms with Crippen LogP contribution in [0, 0.1) is 11.3 Å². The fourth-order valence-corrected chi connectivity index (χ4v) is 1.19. The summed E-state index contributed by atoms with van der Waals surface area (Å²) in [6.45, 7) is -0.123. The first-order chi connectivity index (χ1) is 7.15. The van der Waals surface area contributed by atoms with Crippen molar-refractivity contribution in [1.29, 1.82) is 5.26 Å². The van der Waals surface area contributed by atoms with Gasteiger partial charge in [-0.2, -0.15) is 5.26 Å². The van der Waals surface area contributed by atoms with Gasteiger partial charge in [-0.1, -0.05) is 0 Å². The van der Waals surface area contributed by atoms with Gasteiger partial charge >= 0.3 is 0 Å². The van der Waals surface area contributed by atoms with E-state index in [0.717, 1.165) is 6.20 Å². The smallest absolute Gasteiger partial charge is 0.265 e. The zero-order chi connectivity index (χ0) is 11.4. The number of aromatic nitrogens is 1. The molecule has 2 N–H and O–H groups in total. The highest BCUT2D eigenvalue weighted by Gasteiger charge is 2.21. The lowest BCUT2D eigenvalue weighted by atomic mass is 10.0. The Morgan fingerprint density at radius 1 is 1.67 bits per heavy atom. The van der Waals surface area contributed by atoms with Crippen LogP contribution >= 0.6 is 0 Å². The Balaban J connectivity index is 3.53. The van der Waals surface area contributed by atoms with Gasteiger partial charge in [-0.25, -0.2) is 8.78 Å². The molecular formula is C9H7F2N3O. The Morgan fingerprint density at radius 3 is 2.73 bits per heavy atom. The van der Waals surface area contributed by atoms with Crippen LogP contribution < -0.4 is 5.73 Å². The van der Waals surface area contributed by atoms with Gasteiger partial charge in [0.1, 0.15) is 6.07 Å². The van der Waals surface area contributed by atoms with E-state index in [1.807, 2.05) is 0 Å². The summed E-state index contributed by atoms with van der Waals surface area (Å²) in [6, 6.07) is 1.59. The van der Waals surface area contributed by atoms with Crippen LogP contribution in [0.2, 0.25) is 0 Å². The molecule has 1 aromatic rings. The molecule has 0 aliphatic heterocycles. The number of carbonyl (C=O) groups is 1. The van der Waals surface area contributed by atoms with Crippen molar-refractivity contribution < 1.29 is 13.6 Å². The average molecular weight is 211 g/mol. The van der Waals surface area contributed by atoms with Crippen molar-refractivity contribution in [1.82, 2.24) is 4.98 Å². The van der Waals surface area contributed by atoms with Gasteiger partial charge in [0.2, 0.25) is 0 Å². The van der Waals surface area contributed by atoms with Crippen LogP contribution in [0.1, 0.15) is 33.6 Å². The lowest BCUT2D eigenvalue weighted by Gasteiger charge is -2.08. The molecule has 0 aliphatic rings. The quantitative estimate of drug-likeness (QED) is 0.761. The predicted octanol–water partition coefficient (Wildman–Crippen LogP) is 1.16. The van der Waals surface area contributed by atoms with Crippen molar-refractivity contribution in [3.8, 4) is 6.07 Å². The molecule has 0 radical (unpaired) electrons. The van der Waals surface area contributed by atoms with Crippen molar-refractivity contribution in [3.63, 3.8) is 0 Å². The van der Waals surface area contributed by atoms with Crippen molar-refractivity contribution in [3.05, 3.63) is 28.6 Å². The normalized spacial score (nSPS) is 10.1. The van der Waals surface area contributed by atoms with Gasteiger partial charge in [0.15, 0.2) is 6.29 Å². The van der Waals surface area contributed by atoms with Gasteiger partial charge in [-0.05, 0) is 0 Å². The van der Waals surface area contributed by atoms with Gasteiger partial charge in [0.25, 0.3) is 6.43 Å². The molecule has 0 atom stereocenters. The maximum absolute atomic E-state index is 12.6. The Morgan fingerprint density at radius 2 is 2.33 bits per heavy atom. The van der Waals surface area contributed by atoms with Crippen LogP contribution in [0.15, 0.2) is 6.20 Å². The van der Waals surface area contributed by atoms with E-state index in [4.69, 9.17) is 11.0 Å². The highest BCUT2D eigenvalue weighted by atomic mass is 19.3. The molecule has 15 heavy (non-hydrogen) atoms. The summed E-state index contributed by atoms with van der Waals surface area (Å²) in [5, 5.41) is 8.70. The molecule has 0 saturated heterocycles. The Labute approximate surface area is 84.3 Å². The van der Waals surface area contributed by atoms with E-state index in [9.17, 15) is 13.6 Å². The van der Waals surface area contributed by atoms with Crippen LogP contribution in [-0.4, -0.2) is 11.3 Å². The molecule has 0 aromatic carbocycles. The molecule has 0 amide bonds. The fourth-order valence-electron chi connectivity index (χ4n) is 1.19. The number of aldehydes is 1. The second kappa shape index (κ2) is 4.57. The average Bonchev–Trinajstić information content (AvgIpc) is 2.26. The largest absolute Gasteiger partial charge is 0.325 e. The number of carbonyl (C=O) groups excluding carboxylic acids is 1. The van der Waals surface area contributed by atoms with E-state index < -0.39 is 12.0 Å². The maximum Gasteiger partial charge on any atom is 0.265 e. The van der Waals surface area contributed by atoms with Gasteiger partial charge in [0, 0.05) is 23.9 Å². The number of nitriles is 1. The molecule has 0 saturated carbocycles. The zero-order valence-electron chi connectivity index (χ0n) is 7.58. The third-order valence-corrected chi connectivity index (χ3v) is 1.88. The van der Waals surface area contributed by atoms with Crippen molar-refractivity contribution >= 4 is 6.29 Å². The monoisotopic (exact) mass is 211 g/mol. The SMILES string of the molecule is N#Cc1c(CN)ncc(C=O)c1C(F)F. The second-order valence-electron chi connectivity index (χ2n) is 2.68. The molecular weight excluding hydrogens is 204 g/mol. The first kappa shape index (κ1) is 11.2. The second-order valence-corrected chi connectivity index (χ2v) is 2.68. The molecule has 1 aromatic heterocycles. The fraction of sp³-hybridized carbons (Fsp3) is 0.222. The molecule has 0 aliphatic carbocycles. The van der Waals surface area contributed by atoms with Gasteiger partial charge < -0.3 is 5.73 Å². The van der Waals surface area contributed by atoms with Gasteiger partial charge in [-0.15, -0.1) is 0 Å². The Kier molecular flexibility index (Phi) is 3.42. The molecule has 0 spiro atoms. The predicted molar refractivity (Wildman–Crippen MR) is 47.2 cm³/mol. The third kappa shape index (κ3) is 1.97. The van der Waals surface area contributed by atoms with E-state index in [1.54, 1.807) is 6.07 Å². The number of alkyl halides is 2. The molecule has 1 rings (SSSR count). The van der Waals surface area contributed by atoms with E-state index in [0.29, 0.717) is 0 Å². The first-order valence-electron chi connectivity index (χ1n) is 4.01. The number of pyridine rings is 1. The number of hydrogen-bond acceptors (Lipinski definition) is 4.